The molecule has 0 aromatic heterocycles. The largest absolute Gasteiger partial charge is 0.489 e. The maximum absolute atomic E-state index is 13.2. The molecule has 0 amide bonds. The summed E-state index contributed by atoms with van der Waals surface area (Å²) in [6.45, 7) is 5.98. The topological polar surface area (TPSA) is 32.7 Å². The van der Waals surface area contributed by atoms with E-state index in [1.54, 1.807) is 24.3 Å². The first-order chi connectivity index (χ1) is 8.27. The summed E-state index contributed by atoms with van der Waals surface area (Å²) in [5.41, 5.74) is 0. The number of rotatable bonds is 8. The predicted molar refractivity (Wildman–Crippen MR) is 65.6 cm³/mol. The van der Waals surface area contributed by atoms with Gasteiger partial charge in [0.05, 0.1) is 6.61 Å². The van der Waals surface area contributed by atoms with E-state index in [1.165, 1.54) is 6.07 Å². The van der Waals surface area contributed by atoms with Crippen LogP contribution < -0.4 is 4.74 Å². The Hall–Kier alpha value is -1.39. The molecule has 0 unspecified atom stereocenters. The average Bonchev–Trinajstić information content (AvgIpc) is 2.32. The Labute approximate surface area is 101 Å². The molecular weight excluding hydrogens is 221 g/mol. The molecule has 3 nitrogen and oxygen atoms in total. The summed E-state index contributed by atoms with van der Waals surface area (Å²) in [4.78, 5) is 1.98. The quantitative estimate of drug-likeness (QED) is 0.701. The van der Waals surface area contributed by atoms with Crippen LogP contribution in [-0.4, -0.2) is 42.9 Å². The molecule has 1 N–H and O–H groups in total. The smallest absolute Gasteiger partial charge is 0.165 e. The van der Waals surface area contributed by atoms with Gasteiger partial charge in [-0.25, -0.2) is 4.39 Å². The molecule has 0 aliphatic rings. The third-order valence-corrected chi connectivity index (χ3v) is 2.31. The Morgan fingerprint density at radius 3 is 2.76 bits per heavy atom. The molecule has 0 saturated carbocycles. The molecule has 1 aromatic carbocycles. The molecule has 1 aromatic rings. The van der Waals surface area contributed by atoms with E-state index in [-0.39, 0.29) is 18.2 Å². The maximum Gasteiger partial charge on any atom is 0.165 e. The van der Waals surface area contributed by atoms with Crippen LogP contribution in [0.2, 0.25) is 0 Å². The van der Waals surface area contributed by atoms with E-state index in [0.717, 1.165) is 0 Å². The Morgan fingerprint density at radius 1 is 1.35 bits per heavy atom. The van der Waals surface area contributed by atoms with Crippen LogP contribution in [0.1, 0.15) is 0 Å². The Kier molecular flexibility index (Phi) is 6.29. The normalized spacial score (nSPS) is 10.5. The van der Waals surface area contributed by atoms with E-state index in [0.29, 0.717) is 26.2 Å². The van der Waals surface area contributed by atoms with Gasteiger partial charge < -0.3 is 9.84 Å². The molecule has 0 saturated heterocycles. The number of nitrogens with zero attached hydrogens (tertiary/aromatic N) is 1. The van der Waals surface area contributed by atoms with Gasteiger partial charge in [-0.1, -0.05) is 18.2 Å². The first-order valence-electron chi connectivity index (χ1n) is 5.59. The lowest BCUT2D eigenvalue weighted by atomic mass is 10.3. The van der Waals surface area contributed by atoms with Crippen LogP contribution >= 0.6 is 0 Å². The molecule has 0 bridgehead atoms. The number of hydrogen-bond donors (Lipinski definition) is 1. The number of hydrogen-bond acceptors (Lipinski definition) is 3. The first kappa shape index (κ1) is 13.7. The van der Waals surface area contributed by atoms with Gasteiger partial charge >= 0.3 is 0 Å². The Bertz CT molecular complexity index is 344. The highest BCUT2D eigenvalue weighted by atomic mass is 19.1. The standard InChI is InChI=1S/C13H18FNO2/c1-2-7-15(8-10-16)9-11-17-13-6-4-3-5-12(13)14/h2-6,16H,1,7-11H2. The van der Waals surface area contributed by atoms with Crippen molar-refractivity contribution in [2.75, 3.05) is 32.8 Å². The number of ether oxygens (including phenoxy) is 1. The monoisotopic (exact) mass is 239 g/mol. The summed E-state index contributed by atoms with van der Waals surface area (Å²) < 4.78 is 18.5. The van der Waals surface area contributed by atoms with Crippen molar-refractivity contribution in [3.05, 3.63) is 42.7 Å². The van der Waals surface area contributed by atoms with Gasteiger partial charge in [-0.2, -0.15) is 0 Å². The molecule has 94 valence electrons. The SMILES string of the molecule is C=CCN(CCO)CCOc1ccccc1F. The first-order valence-corrected chi connectivity index (χ1v) is 5.59. The fraction of sp³-hybridized carbons (Fsp3) is 0.385. The van der Waals surface area contributed by atoms with E-state index in [9.17, 15) is 4.39 Å². The Morgan fingerprint density at radius 2 is 2.12 bits per heavy atom. The molecule has 0 atom stereocenters. The van der Waals surface area contributed by atoms with Crippen molar-refractivity contribution in [3.63, 3.8) is 0 Å². The number of aliphatic hydroxyl groups excluding tert-OH is 1. The fourth-order valence-electron chi connectivity index (χ4n) is 1.46. The minimum Gasteiger partial charge on any atom is -0.489 e. The molecule has 4 heteroatoms. The van der Waals surface area contributed by atoms with Crippen molar-refractivity contribution in [2.24, 2.45) is 0 Å². The highest BCUT2D eigenvalue weighted by Crippen LogP contribution is 2.14. The molecule has 0 heterocycles. The molecule has 0 radical (unpaired) electrons. The Balaban J connectivity index is 2.35. The third-order valence-electron chi connectivity index (χ3n) is 2.31. The minimum atomic E-state index is -0.357. The van der Waals surface area contributed by atoms with Crippen molar-refractivity contribution in [3.8, 4) is 5.75 Å². The fourth-order valence-corrected chi connectivity index (χ4v) is 1.46. The van der Waals surface area contributed by atoms with E-state index < -0.39 is 0 Å². The predicted octanol–water partition coefficient (Wildman–Crippen LogP) is 1.68. The third kappa shape index (κ3) is 4.97. The van der Waals surface area contributed by atoms with Crippen LogP contribution in [0.3, 0.4) is 0 Å². The highest BCUT2D eigenvalue weighted by molar-refractivity contribution is 5.23. The summed E-state index contributed by atoms with van der Waals surface area (Å²) in [5.74, 6) is -0.0972. The van der Waals surface area contributed by atoms with Gasteiger partial charge in [0.25, 0.3) is 0 Å². The lowest BCUT2D eigenvalue weighted by molar-refractivity contribution is 0.178. The summed E-state index contributed by atoms with van der Waals surface area (Å²) in [6, 6.07) is 6.31. The molecule has 0 spiro atoms. The van der Waals surface area contributed by atoms with E-state index in [1.807, 2.05) is 4.90 Å². The van der Waals surface area contributed by atoms with E-state index >= 15 is 0 Å². The molecule has 0 fully saturated rings. The number of benzene rings is 1. The molecule has 0 aliphatic heterocycles. The average molecular weight is 239 g/mol. The maximum atomic E-state index is 13.2. The van der Waals surface area contributed by atoms with E-state index in [2.05, 4.69) is 6.58 Å². The summed E-state index contributed by atoms with van der Waals surface area (Å²) >= 11 is 0. The molecular formula is C13H18FNO2. The highest BCUT2D eigenvalue weighted by Gasteiger charge is 2.04. The number of aliphatic hydroxyl groups is 1. The zero-order valence-corrected chi connectivity index (χ0v) is 9.81. The van der Waals surface area contributed by atoms with Crippen molar-refractivity contribution in [1.82, 2.24) is 4.90 Å². The van der Waals surface area contributed by atoms with Crippen LogP contribution in [-0.2, 0) is 0 Å². The van der Waals surface area contributed by atoms with Crippen molar-refractivity contribution in [2.45, 2.75) is 0 Å². The van der Waals surface area contributed by atoms with Crippen LogP contribution in [0.15, 0.2) is 36.9 Å². The second-order valence-electron chi connectivity index (χ2n) is 3.59. The van der Waals surface area contributed by atoms with Gasteiger partial charge in [-0.3, -0.25) is 4.90 Å². The van der Waals surface area contributed by atoms with Gasteiger partial charge in [0.1, 0.15) is 6.61 Å². The van der Waals surface area contributed by atoms with E-state index in [4.69, 9.17) is 9.84 Å². The number of para-hydroxylation sites is 1. The van der Waals surface area contributed by atoms with Crippen LogP contribution in [0.5, 0.6) is 5.75 Å². The van der Waals surface area contributed by atoms with Crippen LogP contribution in [0.25, 0.3) is 0 Å². The summed E-state index contributed by atoms with van der Waals surface area (Å²) in [7, 11) is 0. The molecule has 17 heavy (non-hydrogen) atoms. The second kappa shape index (κ2) is 7.81. The van der Waals surface area contributed by atoms with Crippen LogP contribution in [0.4, 0.5) is 4.39 Å². The van der Waals surface area contributed by atoms with Gasteiger partial charge in [0, 0.05) is 19.6 Å². The van der Waals surface area contributed by atoms with Crippen LogP contribution in [0, 0.1) is 5.82 Å². The van der Waals surface area contributed by atoms with Gasteiger partial charge in [0.2, 0.25) is 0 Å². The second-order valence-corrected chi connectivity index (χ2v) is 3.59. The van der Waals surface area contributed by atoms with Gasteiger partial charge in [-0.05, 0) is 12.1 Å². The zero-order valence-electron chi connectivity index (χ0n) is 9.81. The molecule has 1 rings (SSSR count). The summed E-state index contributed by atoms with van der Waals surface area (Å²) in [6.07, 6.45) is 1.76. The minimum absolute atomic E-state index is 0.0908. The number of halogens is 1. The lowest BCUT2D eigenvalue weighted by Gasteiger charge is -2.19. The summed E-state index contributed by atoms with van der Waals surface area (Å²) in [5, 5.41) is 8.85. The van der Waals surface area contributed by atoms with Gasteiger partial charge in [0.15, 0.2) is 11.6 Å². The van der Waals surface area contributed by atoms with Gasteiger partial charge in [-0.15, -0.1) is 6.58 Å². The van der Waals surface area contributed by atoms with Crippen molar-refractivity contribution in [1.29, 1.82) is 0 Å². The molecule has 0 aliphatic carbocycles. The van der Waals surface area contributed by atoms with Crippen molar-refractivity contribution >= 4 is 0 Å². The zero-order chi connectivity index (χ0) is 12.5. The van der Waals surface area contributed by atoms with Crippen molar-refractivity contribution < 1.29 is 14.2 Å². The lowest BCUT2D eigenvalue weighted by Crippen LogP contribution is -2.31.